The quantitative estimate of drug-likeness (QED) is 0.356. The zero-order chi connectivity index (χ0) is 6.24. The smallest absolute Gasteiger partial charge is 0.545 e. The van der Waals surface area contributed by atoms with Crippen molar-refractivity contribution < 1.29 is 24.3 Å². The monoisotopic (exact) mass is 209 g/mol. The van der Waals surface area contributed by atoms with Crippen LogP contribution in [-0.2, 0) is 24.3 Å². The first kappa shape index (κ1) is 11.3. The predicted molar refractivity (Wildman–Crippen MR) is 32.0 cm³/mol. The van der Waals surface area contributed by atoms with Gasteiger partial charge in [-0.3, -0.25) is 6.79 Å². The average Bonchev–Trinajstić information content (AvgIpc) is 1.96. The van der Waals surface area contributed by atoms with Gasteiger partial charge in [-0.2, -0.15) is 36.4 Å². The van der Waals surface area contributed by atoms with Crippen molar-refractivity contribution in [1.82, 2.24) is 0 Å². The van der Waals surface area contributed by atoms with E-state index in [1.807, 2.05) is 30.3 Å². The van der Waals surface area contributed by atoms with Crippen LogP contribution >= 0.6 is 0 Å². The van der Waals surface area contributed by atoms with Gasteiger partial charge >= 0.3 is 19.5 Å². The van der Waals surface area contributed by atoms with E-state index < -0.39 is 0 Å². The number of benzene rings is 1. The first-order valence-electron chi connectivity index (χ1n) is 2.15. The normalized spacial score (nSPS) is 5.78. The summed E-state index contributed by atoms with van der Waals surface area (Å²) >= 11 is 0. The maximum Gasteiger partial charge on any atom is 2.00 e. The summed E-state index contributed by atoms with van der Waals surface area (Å²) in [6.07, 6.45) is 0. The average molecular weight is 209 g/mol. The fourth-order valence-electron chi connectivity index (χ4n) is 0.342. The van der Waals surface area contributed by atoms with E-state index in [1.54, 1.807) is 0 Å². The second-order valence-corrected chi connectivity index (χ2v) is 1.08. The number of hydrogen-bond donors (Lipinski definition) is 0. The Bertz CT molecular complexity index is 91.8. The van der Waals surface area contributed by atoms with Crippen LogP contribution in [0.5, 0.6) is 0 Å². The fraction of sp³-hybridized carbons (Fsp3) is 0. The van der Waals surface area contributed by atoms with Gasteiger partial charge in [-0.15, -0.1) is 0 Å². The number of carbonyl (C=O) groups excluding carboxylic acids is 1. The molecule has 9 heavy (non-hydrogen) atoms. The Labute approximate surface area is 67.8 Å². The molecule has 1 radical (unpaired) electrons. The minimum Gasteiger partial charge on any atom is -0.545 e. The molecule has 0 saturated heterocycles. The fourth-order valence-corrected chi connectivity index (χ4v) is 0.342. The molecule has 0 aliphatic rings. The topological polar surface area (TPSA) is 17.1 Å². The Morgan fingerprint density at radius 3 is 1.56 bits per heavy atom. The first-order valence-corrected chi connectivity index (χ1v) is 2.15. The molecule has 0 amide bonds. The van der Waals surface area contributed by atoms with E-state index in [4.69, 9.17) is 4.79 Å². The first-order chi connectivity index (χ1) is 4.00. The summed E-state index contributed by atoms with van der Waals surface area (Å²) < 4.78 is 0. The van der Waals surface area contributed by atoms with E-state index >= 15 is 0 Å². The number of rotatable bonds is 0. The van der Waals surface area contributed by atoms with E-state index in [-0.39, 0.29) is 19.5 Å². The zero-order valence-corrected chi connectivity index (χ0v) is 6.34. The van der Waals surface area contributed by atoms with Crippen LogP contribution in [0, 0.1) is 6.07 Å². The van der Waals surface area contributed by atoms with Crippen LogP contribution < -0.4 is 0 Å². The van der Waals surface area contributed by atoms with Crippen molar-refractivity contribution in [2.45, 2.75) is 0 Å². The summed E-state index contributed by atoms with van der Waals surface area (Å²) in [5, 5.41) is 0. The van der Waals surface area contributed by atoms with Gasteiger partial charge in [0.25, 0.3) is 0 Å². The third-order valence-corrected chi connectivity index (χ3v) is 0.607. The van der Waals surface area contributed by atoms with Gasteiger partial charge in [0.05, 0.1) is 0 Å². The van der Waals surface area contributed by atoms with Crippen molar-refractivity contribution in [3.8, 4) is 0 Å². The number of hydrogen-bond acceptors (Lipinski definition) is 1. The molecule has 1 rings (SSSR count). The molecular weight excluding hydrogens is 203 g/mol. The summed E-state index contributed by atoms with van der Waals surface area (Å²) in [5.74, 6) is 0. The van der Waals surface area contributed by atoms with Crippen molar-refractivity contribution in [1.29, 1.82) is 0 Å². The van der Waals surface area contributed by atoms with E-state index in [2.05, 4.69) is 12.9 Å². The van der Waals surface area contributed by atoms with Gasteiger partial charge in [0.2, 0.25) is 0 Å². The minimum absolute atomic E-state index is 0. The van der Waals surface area contributed by atoms with Gasteiger partial charge in [0, 0.05) is 0 Å². The summed E-state index contributed by atoms with van der Waals surface area (Å²) in [7, 11) is 0. The summed E-state index contributed by atoms with van der Waals surface area (Å²) in [4.78, 5) is 7.75. The second kappa shape index (κ2) is 10.5. The Kier molecular flexibility index (Phi) is 13.2. The molecule has 0 saturated carbocycles. The Morgan fingerprint density at radius 2 is 1.44 bits per heavy atom. The van der Waals surface area contributed by atoms with Crippen LogP contribution in [0.15, 0.2) is 30.3 Å². The predicted octanol–water partition coefficient (Wildman–Crippen LogP) is 1.21. The molecule has 0 N–H and O–H groups in total. The van der Waals surface area contributed by atoms with Crippen molar-refractivity contribution in [2.24, 2.45) is 0 Å². The summed E-state index contributed by atoms with van der Waals surface area (Å²) in [5.41, 5.74) is 0. The molecule has 2 heteroatoms. The molecule has 0 bridgehead atoms. The van der Waals surface area contributed by atoms with Gasteiger partial charge in [-0.1, -0.05) is 0 Å². The molecule has 0 unspecified atom stereocenters. The van der Waals surface area contributed by atoms with E-state index in [1.165, 1.54) is 0 Å². The van der Waals surface area contributed by atoms with E-state index in [0.29, 0.717) is 0 Å². The third kappa shape index (κ3) is 7.51. The van der Waals surface area contributed by atoms with Crippen molar-refractivity contribution >= 4 is 6.79 Å². The van der Waals surface area contributed by atoms with Crippen molar-refractivity contribution in [2.75, 3.05) is 0 Å². The summed E-state index contributed by atoms with van der Waals surface area (Å²) in [6.45, 7) is 3.25. The van der Waals surface area contributed by atoms with Gasteiger partial charge < -0.3 is 4.79 Å². The molecule has 1 aromatic rings. The molecular formula is C7H6ORh. The largest absolute Gasteiger partial charge is 2.00 e. The second-order valence-electron chi connectivity index (χ2n) is 1.08. The van der Waals surface area contributed by atoms with Gasteiger partial charge in [0.15, 0.2) is 0 Å². The van der Waals surface area contributed by atoms with Crippen LogP contribution in [-0.4, -0.2) is 6.79 Å². The Morgan fingerprint density at radius 1 is 1.00 bits per heavy atom. The van der Waals surface area contributed by atoms with Gasteiger partial charge in [-0.25, -0.2) is 0 Å². The van der Waals surface area contributed by atoms with Crippen LogP contribution in [0.1, 0.15) is 0 Å². The third-order valence-electron chi connectivity index (χ3n) is 0.607. The molecule has 1 aromatic carbocycles. The van der Waals surface area contributed by atoms with E-state index in [9.17, 15) is 0 Å². The molecule has 0 heterocycles. The van der Waals surface area contributed by atoms with Gasteiger partial charge in [0.1, 0.15) is 0 Å². The zero-order valence-electron chi connectivity index (χ0n) is 4.71. The van der Waals surface area contributed by atoms with Crippen LogP contribution in [0.25, 0.3) is 0 Å². The van der Waals surface area contributed by atoms with Crippen LogP contribution in [0.3, 0.4) is 0 Å². The molecule has 0 aliphatic heterocycles. The van der Waals surface area contributed by atoms with Crippen LogP contribution in [0.2, 0.25) is 0 Å². The maximum absolute atomic E-state index is 7.75. The molecule has 0 atom stereocenters. The Balaban J connectivity index is 0. The summed E-state index contributed by atoms with van der Waals surface area (Å²) in [6, 6.07) is 12.5. The molecule has 0 fully saturated rings. The van der Waals surface area contributed by atoms with Crippen molar-refractivity contribution in [3.63, 3.8) is 0 Å². The Hall–Kier alpha value is -0.487. The molecule has 0 aromatic heterocycles. The van der Waals surface area contributed by atoms with Crippen LogP contribution in [0.4, 0.5) is 0 Å². The standard InChI is InChI=1S/C6H5.CHO.Rh/c1-2-4-6-5-3-1;1-2;/h1-5H;1H;/q2*-1;+2. The SMILES string of the molecule is [CH-]=O.[Rh+2].[c-]1ccccc1. The molecule has 1 nitrogen and oxygen atoms in total. The van der Waals surface area contributed by atoms with E-state index in [0.717, 1.165) is 0 Å². The minimum atomic E-state index is 0. The van der Waals surface area contributed by atoms with Crippen molar-refractivity contribution in [3.05, 3.63) is 36.4 Å². The molecule has 0 aliphatic carbocycles. The maximum atomic E-state index is 7.75. The molecule has 0 spiro atoms. The van der Waals surface area contributed by atoms with Gasteiger partial charge in [-0.05, 0) is 0 Å². The molecule has 49 valence electrons.